The summed E-state index contributed by atoms with van der Waals surface area (Å²) in [6.07, 6.45) is 5.36. The fourth-order valence-electron chi connectivity index (χ4n) is 3.23. The van der Waals surface area contributed by atoms with Gasteiger partial charge in [0.05, 0.1) is 5.52 Å². The second-order valence-electron chi connectivity index (χ2n) is 5.82. The van der Waals surface area contributed by atoms with Crippen LogP contribution >= 0.6 is 12.2 Å². The molecule has 1 aliphatic rings. The summed E-state index contributed by atoms with van der Waals surface area (Å²) >= 11 is 5.33. The number of nitrogens with one attached hydrogen (secondary N) is 1. The van der Waals surface area contributed by atoms with Crippen molar-refractivity contribution < 1.29 is 8.78 Å². The minimum Gasteiger partial charge on any atom is -0.330 e. The van der Waals surface area contributed by atoms with Gasteiger partial charge in [0.15, 0.2) is 16.4 Å². The summed E-state index contributed by atoms with van der Waals surface area (Å²) in [5, 5.41) is 0. The average Bonchev–Trinajstić information content (AvgIpc) is 2.60. The highest BCUT2D eigenvalue weighted by atomic mass is 32.1. The van der Waals surface area contributed by atoms with Gasteiger partial charge in [-0.25, -0.2) is 8.78 Å². The van der Waals surface area contributed by atoms with Crippen LogP contribution in [-0.4, -0.2) is 9.55 Å². The van der Waals surface area contributed by atoms with Crippen LogP contribution in [-0.2, 0) is 0 Å². The summed E-state index contributed by atoms with van der Waals surface area (Å²) in [4.78, 5) is 3.00. The van der Waals surface area contributed by atoms with Gasteiger partial charge < -0.3 is 9.55 Å². The summed E-state index contributed by atoms with van der Waals surface area (Å²) in [6.45, 7) is 2.25. The number of fused-ring (bicyclic) bond motifs is 1. The number of benzene rings is 1. The third-order valence-corrected chi connectivity index (χ3v) is 4.66. The van der Waals surface area contributed by atoms with E-state index in [0.29, 0.717) is 16.2 Å². The van der Waals surface area contributed by atoms with E-state index in [9.17, 15) is 8.78 Å². The van der Waals surface area contributed by atoms with E-state index in [0.717, 1.165) is 31.7 Å². The van der Waals surface area contributed by atoms with E-state index in [1.54, 1.807) is 10.6 Å². The fourth-order valence-corrected chi connectivity index (χ4v) is 3.58. The molecule has 1 aromatic carbocycles. The number of aromatic amines is 1. The van der Waals surface area contributed by atoms with Crippen LogP contribution in [0.2, 0.25) is 0 Å². The summed E-state index contributed by atoms with van der Waals surface area (Å²) in [7, 11) is 0. The lowest BCUT2D eigenvalue weighted by atomic mass is 10.0. The van der Waals surface area contributed by atoms with E-state index >= 15 is 0 Å². The van der Waals surface area contributed by atoms with Crippen molar-refractivity contribution in [1.82, 2.24) is 9.55 Å². The number of imidazole rings is 1. The predicted molar refractivity (Wildman–Crippen MR) is 78.3 cm³/mol. The van der Waals surface area contributed by atoms with Crippen molar-refractivity contribution in [2.75, 3.05) is 0 Å². The van der Waals surface area contributed by atoms with Crippen molar-refractivity contribution in [3.63, 3.8) is 0 Å². The number of H-pyrrole nitrogens is 1. The second kappa shape index (κ2) is 5.28. The minimum absolute atomic E-state index is 0.164. The molecule has 1 fully saturated rings. The highest BCUT2D eigenvalue weighted by molar-refractivity contribution is 7.71. The smallest absolute Gasteiger partial charge is 0.184 e. The summed E-state index contributed by atoms with van der Waals surface area (Å²) in [5.41, 5.74) is 0.862. The zero-order valence-corrected chi connectivity index (χ0v) is 12.3. The number of hydrogen-bond acceptors (Lipinski definition) is 1. The first kappa shape index (κ1) is 13.7. The Labute approximate surface area is 121 Å². The number of aromatic nitrogens is 2. The molecule has 1 aliphatic carbocycles. The maximum atomic E-state index is 14.1. The van der Waals surface area contributed by atoms with Crippen molar-refractivity contribution >= 4 is 23.3 Å². The molecule has 20 heavy (non-hydrogen) atoms. The van der Waals surface area contributed by atoms with E-state index in [-0.39, 0.29) is 11.6 Å². The summed E-state index contributed by atoms with van der Waals surface area (Å²) in [5.74, 6) is -0.921. The number of halogens is 2. The zero-order valence-electron chi connectivity index (χ0n) is 11.5. The first-order chi connectivity index (χ1) is 9.58. The van der Waals surface area contributed by atoms with Gasteiger partial charge in [-0.2, -0.15) is 0 Å². The van der Waals surface area contributed by atoms with Crippen molar-refractivity contribution in [3.8, 4) is 0 Å². The van der Waals surface area contributed by atoms with Crippen LogP contribution in [0.3, 0.4) is 0 Å². The van der Waals surface area contributed by atoms with Crippen molar-refractivity contribution in [2.45, 2.75) is 45.1 Å². The van der Waals surface area contributed by atoms with Gasteiger partial charge >= 0.3 is 0 Å². The molecule has 2 nitrogen and oxygen atoms in total. The maximum Gasteiger partial charge on any atom is 0.184 e. The standard InChI is InChI=1S/C15H18F2N2S/c1-9-3-2-4-10(6-5-9)19-14-12(18-15(19)20)8-7-11(16)13(14)17/h7-10H,2-6H2,1H3,(H,18,20). The van der Waals surface area contributed by atoms with Crippen LogP contribution in [0, 0.1) is 22.3 Å². The van der Waals surface area contributed by atoms with Crippen LogP contribution in [0.5, 0.6) is 0 Å². The molecule has 1 aromatic heterocycles. The predicted octanol–water partition coefficient (Wildman–Crippen LogP) is 5.12. The van der Waals surface area contributed by atoms with E-state index < -0.39 is 11.6 Å². The Balaban J connectivity index is 2.13. The Hall–Kier alpha value is -1.23. The lowest BCUT2D eigenvalue weighted by Gasteiger charge is -2.17. The molecule has 0 saturated heterocycles. The van der Waals surface area contributed by atoms with Crippen molar-refractivity contribution in [3.05, 3.63) is 28.5 Å². The molecule has 2 aromatic rings. The number of nitrogens with zero attached hydrogens (tertiary/aromatic N) is 1. The van der Waals surface area contributed by atoms with Gasteiger partial charge in [-0.15, -0.1) is 0 Å². The zero-order chi connectivity index (χ0) is 14.3. The third-order valence-electron chi connectivity index (χ3n) is 4.36. The second-order valence-corrected chi connectivity index (χ2v) is 6.21. The molecule has 5 heteroatoms. The lowest BCUT2D eigenvalue weighted by Crippen LogP contribution is -2.09. The highest BCUT2D eigenvalue weighted by Gasteiger charge is 2.22. The monoisotopic (exact) mass is 296 g/mol. The van der Waals surface area contributed by atoms with Crippen LogP contribution in [0.4, 0.5) is 8.78 Å². The van der Waals surface area contributed by atoms with Gasteiger partial charge in [0.1, 0.15) is 5.52 Å². The first-order valence-electron chi connectivity index (χ1n) is 7.16. The van der Waals surface area contributed by atoms with Crippen LogP contribution in [0.25, 0.3) is 11.0 Å². The Morgan fingerprint density at radius 1 is 1.20 bits per heavy atom. The topological polar surface area (TPSA) is 20.7 Å². The molecule has 0 radical (unpaired) electrons. The molecular weight excluding hydrogens is 278 g/mol. The van der Waals surface area contributed by atoms with Crippen molar-refractivity contribution in [1.29, 1.82) is 0 Å². The molecule has 0 bridgehead atoms. The first-order valence-corrected chi connectivity index (χ1v) is 7.57. The van der Waals surface area contributed by atoms with Crippen LogP contribution < -0.4 is 0 Å². The molecule has 1 N–H and O–H groups in total. The highest BCUT2D eigenvalue weighted by Crippen LogP contribution is 2.33. The van der Waals surface area contributed by atoms with Crippen molar-refractivity contribution in [2.24, 2.45) is 5.92 Å². The molecule has 1 saturated carbocycles. The molecule has 0 aliphatic heterocycles. The molecule has 108 valence electrons. The molecule has 3 rings (SSSR count). The molecular formula is C15H18F2N2S. The summed E-state index contributed by atoms with van der Waals surface area (Å²) < 4.78 is 29.9. The lowest BCUT2D eigenvalue weighted by molar-refractivity contribution is 0.430. The van der Waals surface area contributed by atoms with E-state index in [1.807, 2.05) is 0 Å². The van der Waals surface area contributed by atoms with E-state index in [4.69, 9.17) is 12.2 Å². The van der Waals surface area contributed by atoms with Crippen LogP contribution in [0.1, 0.15) is 45.1 Å². The fraction of sp³-hybridized carbons (Fsp3) is 0.533. The van der Waals surface area contributed by atoms with Gasteiger partial charge in [0.25, 0.3) is 0 Å². The minimum atomic E-state index is -0.817. The quantitative estimate of drug-likeness (QED) is 0.572. The SMILES string of the molecule is CC1CCCC(n2c(=S)[nH]c3ccc(F)c(F)c32)CC1. The van der Waals surface area contributed by atoms with Gasteiger partial charge in [-0.1, -0.05) is 19.8 Å². The molecule has 1 heterocycles. The normalized spacial score (nSPS) is 23.9. The molecule has 2 atom stereocenters. The van der Waals surface area contributed by atoms with Crippen LogP contribution in [0.15, 0.2) is 12.1 Å². The van der Waals surface area contributed by atoms with Gasteiger partial charge in [0.2, 0.25) is 0 Å². The van der Waals surface area contributed by atoms with E-state index in [2.05, 4.69) is 11.9 Å². The maximum absolute atomic E-state index is 14.1. The Morgan fingerprint density at radius 3 is 2.80 bits per heavy atom. The molecule has 2 unspecified atom stereocenters. The van der Waals surface area contributed by atoms with Gasteiger partial charge in [-0.05, 0) is 49.5 Å². The van der Waals surface area contributed by atoms with Gasteiger partial charge in [-0.3, -0.25) is 0 Å². The summed E-state index contributed by atoms with van der Waals surface area (Å²) in [6, 6.07) is 2.86. The Kier molecular flexibility index (Phi) is 3.63. The van der Waals surface area contributed by atoms with Gasteiger partial charge in [0, 0.05) is 6.04 Å². The number of hydrogen-bond donors (Lipinski definition) is 1. The Bertz CT molecular complexity index is 689. The number of rotatable bonds is 1. The molecule has 0 spiro atoms. The largest absolute Gasteiger partial charge is 0.330 e. The average molecular weight is 296 g/mol. The third kappa shape index (κ3) is 2.28. The Morgan fingerprint density at radius 2 is 2.00 bits per heavy atom. The van der Waals surface area contributed by atoms with E-state index in [1.165, 1.54) is 6.42 Å². The molecule has 0 amide bonds.